The van der Waals surface area contributed by atoms with E-state index in [9.17, 15) is 10.1 Å². The fourth-order valence-electron chi connectivity index (χ4n) is 1.31. The summed E-state index contributed by atoms with van der Waals surface area (Å²) in [5.74, 6) is 0.0772. The Labute approximate surface area is 112 Å². The van der Waals surface area contributed by atoms with Gasteiger partial charge in [-0.15, -0.1) is 0 Å². The molecule has 1 aromatic heterocycles. The number of hydrogen-bond acceptors (Lipinski definition) is 5. The van der Waals surface area contributed by atoms with Crippen molar-refractivity contribution in [1.29, 1.82) is 0 Å². The third kappa shape index (κ3) is 2.85. The van der Waals surface area contributed by atoms with Crippen molar-refractivity contribution in [3.05, 3.63) is 50.9 Å². The zero-order valence-electron chi connectivity index (χ0n) is 8.80. The molecule has 8 heteroatoms. The first kappa shape index (κ1) is 12.5. The molecule has 0 aliphatic carbocycles. The molecule has 18 heavy (non-hydrogen) atoms. The summed E-state index contributed by atoms with van der Waals surface area (Å²) >= 11 is 11.7. The maximum Gasteiger partial charge on any atom is 0.329 e. The first-order valence-corrected chi connectivity index (χ1v) is 5.49. The SMILES string of the molecule is O=[N+]([O-])c1cncnc1Nc1cc(Cl)cc(Cl)c1. The highest BCUT2D eigenvalue weighted by atomic mass is 35.5. The highest BCUT2D eigenvalue weighted by Gasteiger charge is 2.15. The molecule has 0 saturated carbocycles. The van der Waals surface area contributed by atoms with E-state index in [-0.39, 0.29) is 11.5 Å². The lowest BCUT2D eigenvalue weighted by Crippen LogP contribution is -2.00. The summed E-state index contributed by atoms with van der Waals surface area (Å²) in [5.41, 5.74) is 0.280. The van der Waals surface area contributed by atoms with E-state index >= 15 is 0 Å². The van der Waals surface area contributed by atoms with E-state index in [4.69, 9.17) is 23.2 Å². The van der Waals surface area contributed by atoms with Gasteiger partial charge in [-0.25, -0.2) is 9.97 Å². The summed E-state index contributed by atoms with van der Waals surface area (Å²) in [6, 6.07) is 4.72. The molecule has 0 amide bonds. The molecule has 0 aliphatic heterocycles. The first-order valence-electron chi connectivity index (χ1n) is 4.74. The van der Waals surface area contributed by atoms with E-state index in [1.807, 2.05) is 0 Å². The van der Waals surface area contributed by atoms with E-state index in [1.54, 1.807) is 18.2 Å². The Balaban J connectivity index is 2.37. The molecule has 0 fully saturated rings. The number of halogens is 2. The Kier molecular flexibility index (Phi) is 3.59. The maximum atomic E-state index is 10.8. The number of nitrogens with zero attached hydrogens (tertiary/aromatic N) is 3. The monoisotopic (exact) mass is 284 g/mol. The van der Waals surface area contributed by atoms with Gasteiger partial charge in [-0.1, -0.05) is 23.2 Å². The lowest BCUT2D eigenvalue weighted by Gasteiger charge is -2.06. The van der Waals surface area contributed by atoms with Crippen molar-refractivity contribution in [2.45, 2.75) is 0 Å². The largest absolute Gasteiger partial charge is 0.334 e. The van der Waals surface area contributed by atoms with Gasteiger partial charge in [0.15, 0.2) is 0 Å². The molecule has 0 aliphatic rings. The van der Waals surface area contributed by atoms with Crippen LogP contribution in [0.2, 0.25) is 10.0 Å². The normalized spacial score (nSPS) is 10.1. The fraction of sp³-hybridized carbons (Fsp3) is 0. The van der Waals surface area contributed by atoms with Gasteiger partial charge in [0.1, 0.15) is 12.5 Å². The Morgan fingerprint density at radius 3 is 2.50 bits per heavy atom. The second-order valence-electron chi connectivity index (χ2n) is 3.30. The zero-order valence-corrected chi connectivity index (χ0v) is 10.3. The van der Waals surface area contributed by atoms with Crippen molar-refractivity contribution in [3.8, 4) is 0 Å². The first-order chi connectivity index (χ1) is 8.56. The average Bonchev–Trinajstić information content (AvgIpc) is 2.27. The Morgan fingerprint density at radius 2 is 1.89 bits per heavy atom. The summed E-state index contributed by atoms with van der Waals surface area (Å²) < 4.78 is 0. The van der Waals surface area contributed by atoms with Crippen LogP contribution in [-0.4, -0.2) is 14.9 Å². The Bertz CT molecular complexity index is 586. The lowest BCUT2D eigenvalue weighted by molar-refractivity contribution is -0.384. The number of nitrogens with one attached hydrogen (secondary N) is 1. The van der Waals surface area contributed by atoms with Gasteiger partial charge in [-0.05, 0) is 18.2 Å². The predicted octanol–water partition coefficient (Wildman–Crippen LogP) is 3.44. The summed E-state index contributed by atoms with van der Waals surface area (Å²) in [6.45, 7) is 0. The van der Waals surface area contributed by atoms with Gasteiger partial charge in [0.05, 0.1) is 4.92 Å². The van der Waals surface area contributed by atoms with E-state index in [1.165, 1.54) is 6.33 Å². The van der Waals surface area contributed by atoms with Crippen molar-refractivity contribution >= 4 is 40.4 Å². The van der Waals surface area contributed by atoms with E-state index in [2.05, 4.69) is 15.3 Å². The van der Waals surface area contributed by atoms with Crippen molar-refractivity contribution in [2.75, 3.05) is 5.32 Å². The van der Waals surface area contributed by atoms with Crippen molar-refractivity contribution in [2.24, 2.45) is 0 Å². The van der Waals surface area contributed by atoms with Gasteiger partial charge in [0, 0.05) is 15.7 Å². The average molecular weight is 285 g/mol. The molecule has 1 heterocycles. The highest BCUT2D eigenvalue weighted by Crippen LogP contribution is 2.27. The van der Waals surface area contributed by atoms with Gasteiger partial charge < -0.3 is 5.32 Å². The van der Waals surface area contributed by atoms with Crippen LogP contribution in [0, 0.1) is 10.1 Å². The molecule has 0 atom stereocenters. The molecular weight excluding hydrogens is 279 g/mol. The molecular formula is C10H6Cl2N4O2. The number of anilines is 2. The van der Waals surface area contributed by atoms with Crippen molar-refractivity contribution in [1.82, 2.24) is 9.97 Å². The van der Waals surface area contributed by atoms with E-state index in [0.717, 1.165) is 6.20 Å². The minimum absolute atomic E-state index is 0.0772. The van der Waals surface area contributed by atoms with Gasteiger partial charge in [0.2, 0.25) is 5.82 Å². The van der Waals surface area contributed by atoms with Gasteiger partial charge >= 0.3 is 5.69 Å². The smallest absolute Gasteiger partial charge is 0.329 e. The fourth-order valence-corrected chi connectivity index (χ4v) is 1.84. The topological polar surface area (TPSA) is 81.0 Å². The molecule has 92 valence electrons. The quantitative estimate of drug-likeness (QED) is 0.690. The highest BCUT2D eigenvalue weighted by molar-refractivity contribution is 6.35. The zero-order chi connectivity index (χ0) is 13.1. The summed E-state index contributed by atoms with van der Waals surface area (Å²) in [4.78, 5) is 17.6. The lowest BCUT2D eigenvalue weighted by atomic mass is 10.3. The number of hydrogen-bond donors (Lipinski definition) is 1. The predicted molar refractivity (Wildman–Crippen MR) is 68.4 cm³/mol. The summed E-state index contributed by atoms with van der Waals surface area (Å²) in [6.07, 6.45) is 2.32. The van der Waals surface area contributed by atoms with Gasteiger partial charge in [0.25, 0.3) is 0 Å². The Hall–Kier alpha value is -1.92. The van der Waals surface area contributed by atoms with E-state index in [0.29, 0.717) is 15.7 Å². The van der Waals surface area contributed by atoms with Crippen LogP contribution in [0.15, 0.2) is 30.7 Å². The molecule has 0 spiro atoms. The maximum absolute atomic E-state index is 10.8. The second kappa shape index (κ2) is 5.16. The molecule has 0 unspecified atom stereocenters. The molecule has 1 aromatic carbocycles. The van der Waals surface area contributed by atoms with Gasteiger partial charge in [-0.3, -0.25) is 10.1 Å². The molecule has 0 saturated heterocycles. The number of nitro groups is 1. The third-order valence-corrected chi connectivity index (χ3v) is 2.45. The molecule has 2 aromatic rings. The number of aromatic nitrogens is 2. The van der Waals surface area contributed by atoms with Gasteiger partial charge in [-0.2, -0.15) is 0 Å². The van der Waals surface area contributed by atoms with Crippen molar-refractivity contribution < 1.29 is 4.92 Å². The molecule has 6 nitrogen and oxygen atoms in total. The van der Waals surface area contributed by atoms with E-state index < -0.39 is 4.92 Å². The van der Waals surface area contributed by atoms with Crippen molar-refractivity contribution in [3.63, 3.8) is 0 Å². The van der Waals surface area contributed by atoms with Crippen LogP contribution >= 0.6 is 23.2 Å². The van der Waals surface area contributed by atoms with Crippen LogP contribution in [-0.2, 0) is 0 Å². The number of benzene rings is 1. The minimum atomic E-state index is -0.575. The second-order valence-corrected chi connectivity index (χ2v) is 4.17. The molecule has 1 N–H and O–H groups in total. The van der Waals surface area contributed by atoms with Crippen LogP contribution in [0.25, 0.3) is 0 Å². The molecule has 0 radical (unpaired) electrons. The Morgan fingerprint density at radius 1 is 1.22 bits per heavy atom. The summed E-state index contributed by atoms with van der Waals surface area (Å²) in [5, 5.41) is 14.4. The van der Waals surface area contributed by atoms with Crippen LogP contribution < -0.4 is 5.32 Å². The standard InChI is InChI=1S/C10H6Cl2N4O2/c11-6-1-7(12)3-8(2-6)15-10-9(16(17)18)4-13-5-14-10/h1-5H,(H,13,14,15). The summed E-state index contributed by atoms with van der Waals surface area (Å²) in [7, 11) is 0. The van der Waals surface area contributed by atoms with Crippen LogP contribution in [0.3, 0.4) is 0 Å². The molecule has 0 bridgehead atoms. The minimum Gasteiger partial charge on any atom is -0.334 e. The van der Waals surface area contributed by atoms with Crippen LogP contribution in [0.1, 0.15) is 0 Å². The van der Waals surface area contributed by atoms with Crippen LogP contribution in [0.5, 0.6) is 0 Å². The van der Waals surface area contributed by atoms with Crippen LogP contribution in [0.4, 0.5) is 17.2 Å². The molecule has 2 rings (SSSR count). The third-order valence-electron chi connectivity index (χ3n) is 2.01. The number of rotatable bonds is 3.